The van der Waals surface area contributed by atoms with Crippen molar-refractivity contribution in [1.29, 1.82) is 0 Å². The van der Waals surface area contributed by atoms with Crippen LogP contribution >= 0.6 is 22.7 Å². The minimum Gasteiger partial charge on any atom is -0.357 e. The lowest BCUT2D eigenvalue weighted by Crippen LogP contribution is -2.04. The SMILES string of the molecule is Cc1ccc(CNc2nc3cc(C(F)(F)F)ccc3s2)s1. The van der Waals surface area contributed by atoms with Gasteiger partial charge in [-0.15, -0.1) is 11.3 Å². The number of thiazole rings is 1. The van der Waals surface area contributed by atoms with Crippen LogP contribution in [0.15, 0.2) is 30.3 Å². The monoisotopic (exact) mass is 328 g/mol. The number of hydrogen-bond donors (Lipinski definition) is 1. The maximum absolute atomic E-state index is 12.7. The van der Waals surface area contributed by atoms with Crippen molar-refractivity contribution in [2.24, 2.45) is 0 Å². The van der Waals surface area contributed by atoms with Crippen molar-refractivity contribution in [3.8, 4) is 0 Å². The van der Waals surface area contributed by atoms with Crippen LogP contribution in [0.4, 0.5) is 18.3 Å². The number of aryl methyl sites for hydroxylation is 1. The summed E-state index contributed by atoms with van der Waals surface area (Å²) in [5, 5.41) is 3.79. The Morgan fingerprint density at radius 3 is 2.62 bits per heavy atom. The van der Waals surface area contributed by atoms with Crippen molar-refractivity contribution in [3.05, 3.63) is 45.6 Å². The Labute approximate surface area is 127 Å². The molecule has 2 aromatic heterocycles. The number of fused-ring (bicyclic) bond motifs is 1. The summed E-state index contributed by atoms with van der Waals surface area (Å²) in [6.07, 6.45) is -4.33. The lowest BCUT2D eigenvalue weighted by atomic mass is 10.2. The Morgan fingerprint density at radius 2 is 1.95 bits per heavy atom. The predicted molar refractivity (Wildman–Crippen MR) is 81.0 cm³/mol. The van der Waals surface area contributed by atoms with Gasteiger partial charge in [-0.3, -0.25) is 0 Å². The van der Waals surface area contributed by atoms with E-state index in [1.54, 1.807) is 11.3 Å². The average Bonchev–Trinajstić information content (AvgIpc) is 2.99. The van der Waals surface area contributed by atoms with Crippen LogP contribution in [0, 0.1) is 6.92 Å². The lowest BCUT2D eigenvalue weighted by molar-refractivity contribution is -0.137. The molecule has 110 valence electrons. The van der Waals surface area contributed by atoms with Crippen molar-refractivity contribution < 1.29 is 13.2 Å². The van der Waals surface area contributed by atoms with E-state index in [2.05, 4.69) is 10.3 Å². The summed E-state index contributed by atoms with van der Waals surface area (Å²) >= 11 is 3.04. The van der Waals surface area contributed by atoms with Crippen LogP contribution in [0.25, 0.3) is 10.2 Å². The van der Waals surface area contributed by atoms with Gasteiger partial charge in [0.05, 0.1) is 22.3 Å². The van der Waals surface area contributed by atoms with Crippen molar-refractivity contribution >= 4 is 38.0 Å². The summed E-state index contributed by atoms with van der Waals surface area (Å²) < 4.78 is 38.7. The Hall–Kier alpha value is -1.60. The van der Waals surface area contributed by atoms with E-state index in [1.165, 1.54) is 27.2 Å². The minimum atomic E-state index is -4.33. The molecule has 0 aliphatic heterocycles. The van der Waals surface area contributed by atoms with Crippen molar-refractivity contribution in [2.45, 2.75) is 19.6 Å². The molecule has 7 heteroatoms. The Kier molecular flexibility index (Phi) is 3.62. The molecule has 0 aliphatic rings. The van der Waals surface area contributed by atoms with Crippen molar-refractivity contribution in [2.75, 3.05) is 5.32 Å². The highest BCUT2D eigenvalue weighted by Gasteiger charge is 2.30. The number of aromatic nitrogens is 1. The molecular formula is C14H11F3N2S2. The predicted octanol–water partition coefficient (Wildman–Crippen LogP) is 5.30. The molecule has 2 heterocycles. The Bertz CT molecular complexity index is 774. The molecule has 1 aromatic carbocycles. The van der Waals surface area contributed by atoms with E-state index in [-0.39, 0.29) is 0 Å². The highest BCUT2D eigenvalue weighted by Crippen LogP contribution is 2.34. The summed E-state index contributed by atoms with van der Waals surface area (Å²) in [7, 11) is 0. The number of nitrogens with one attached hydrogen (secondary N) is 1. The molecule has 3 aromatic rings. The van der Waals surface area contributed by atoms with Crippen LogP contribution < -0.4 is 5.32 Å². The molecule has 0 unspecified atom stereocenters. The Morgan fingerprint density at radius 1 is 1.14 bits per heavy atom. The second-order valence-corrected chi connectivity index (χ2v) is 6.97. The van der Waals surface area contributed by atoms with Crippen LogP contribution in [0.2, 0.25) is 0 Å². The highest BCUT2D eigenvalue weighted by atomic mass is 32.1. The number of hydrogen-bond acceptors (Lipinski definition) is 4. The third kappa shape index (κ3) is 3.19. The molecule has 0 radical (unpaired) electrons. The number of alkyl halides is 3. The first-order valence-corrected chi connectivity index (χ1v) is 7.82. The van der Waals surface area contributed by atoms with Gasteiger partial charge in [0.1, 0.15) is 0 Å². The van der Waals surface area contributed by atoms with Crippen molar-refractivity contribution in [1.82, 2.24) is 4.98 Å². The van der Waals surface area contributed by atoms with E-state index >= 15 is 0 Å². The van der Waals surface area contributed by atoms with Gasteiger partial charge >= 0.3 is 6.18 Å². The number of halogens is 3. The van der Waals surface area contributed by atoms with Crippen LogP contribution in [-0.4, -0.2) is 4.98 Å². The van der Waals surface area contributed by atoms with Crippen LogP contribution in [0.5, 0.6) is 0 Å². The van der Waals surface area contributed by atoms with E-state index in [1.807, 2.05) is 19.1 Å². The summed E-state index contributed by atoms with van der Waals surface area (Å²) in [4.78, 5) is 6.62. The lowest BCUT2D eigenvalue weighted by Gasteiger charge is -2.04. The largest absolute Gasteiger partial charge is 0.416 e. The topological polar surface area (TPSA) is 24.9 Å². The zero-order chi connectivity index (χ0) is 15.0. The normalized spacial score (nSPS) is 12.0. The van der Waals surface area contributed by atoms with Gasteiger partial charge in [0.2, 0.25) is 0 Å². The molecule has 0 atom stereocenters. The molecule has 0 bridgehead atoms. The first kappa shape index (κ1) is 14.3. The molecule has 0 saturated heterocycles. The summed E-state index contributed by atoms with van der Waals surface area (Å²) in [5.74, 6) is 0. The van der Waals surface area contributed by atoms with Crippen LogP contribution in [-0.2, 0) is 12.7 Å². The summed E-state index contributed by atoms with van der Waals surface area (Å²) in [6, 6.07) is 7.72. The first-order chi connectivity index (χ1) is 9.91. The molecule has 0 saturated carbocycles. The molecule has 21 heavy (non-hydrogen) atoms. The van der Waals surface area contributed by atoms with Gasteiger partial charge in [-0.2, -0.15) is 13.2 Å². The van der Waals surface area contributed by atoms with E-state index < -0.39 is 11.7 Å². The molecule has 1 N–H and O–H groups in total. The fourth-order valence-corrected chi connectivity index (χ4v) is 3.59. The quantitative estimate of drug-likeness (QED) is 0.706. The molecule has 0 fully saturated rings. The third-order valence-corrected chi connectivity index (χ3v) is 4.92. The molecule has 3 rings (SSSR count). The molecule has 0 aliphatic carbocycles. The Balaban J connectivity index is 1.80. The van der Waals surface area contributed by atoms with Gasteiger partial charge < -0.3 is 5.32 Å². The standard InChI is InChI=1S/C14H11F3N2S2/c1-8-2-4-10(20-8)7-18-13-19-11-6-9(14(15,16)17)3-5-12(11)21-13/h2-6H,7H2,1H3,(H,18,19). The summed E-state index contributed by atoms with van der Waals surface area (Å²) in [6.45, 7) is 2.66. The zero-order valence-electron chi connectivity index (χ0n) is 11.0. The molecule has 2 nitrogen and oxygen atoms in total. The highest BCUT2D eigenvalue weighted by molar-refractivity contribution is 7.22. The van der Waals surface area contributed by atoms with E-state index in [0.29, 0.717) is 17.2 Å². The first-order valence-electron chi connectivity index (χ1n) is 6.19. The van der Waals surface area contributed by atoms with Gasteiger partial charge in [0, 0.05) is 9.75 Å². The second-order valence-electron chi connectivity index (χ2n) is 4.57. The van der Waals surface area contributed by atoms with E-state index in [0.717, 1.165) is 16.8 Å². The van der Waals surface area contributed by atoms with E-state index in [4.69, 9.17) is 0 Å². The number of anilines is 1. The zero-order valence-corrected chi connectivity index (χ0v) is 12.6. The fraction of sp³-hybridized carbons (Fsp3) is 0.214. The number of rotatable bonds is 3. The number of benzene rings is 1. The minimum absolute atomic E-state index is 0.375. The van der Waals surface area contributed by atoms with Gasteiger partial charge in [0.25, 0.3) is 0 Å². The van der Waals surface area contributed by atoms with Gasteiger partial charge in [-0.25, -0.2) is 4.98 Å². The number of nitrogens with zero attached hydrogens (tertiary/aromatic N) is 1. The molecular weight excluding hydrogens is 317 g/mol. The average molecular weight is 328 g/mol. The fourth-order valence-electron chi connectivity index (χ4n) is 1.92. The van der Waals surface area contributed by atoms with Crippen molar-refractivity contribution in [3.63, 3.8) is 0 Å². The van der Waals surface area contributed by atoms with Gasteiger partial charge in [0.15, 0.2) is 5.13 Å². The third-order valence-electron chi connectivity index (χ3n) is 2.92. The maximum atomic E-state index is 12.7. The molecule has 0 spiro atoms. The number of thiophene rings is 1. The van der Waals surface area contributed by atoms with E-state index in [9.17, 15) is 13.2 Å². The molecule has 0 amide bonds. The summed E-state index contributed by atoms with van der Waals surface area (Å²) in [5.41, 5.74) is -0.291. The second kappa shape index (κ2) is 5.31. The maximum Gasteiger partial charge on any atom is 0.416 e. The van der Waals surface area contributed by atoms with Crippen LogP contribution in [0.3, 0.4) is 0 Å². The van der Waals surface area contributed by atoms with Gasteiger partial charge in [-0.05, 0) is 37.3 Å². The van der Waals surface area contributed by atoms with Gasteiger partial charge in [-0.1, -0.05) is 11.3 Å². The smallest absolute Gasteiger partial charge is 0.357 e. The van der Waals surface area contributed by atoms with Crippen LogP contribution in [0.1, 0.15) is 15.3 Å².